The van der Waals surface area contributed by atoms with E-state index in [4.69, 9.17) is 39.5 Å². The van der Waals surface area contributed by atoms with Crippen LogP contribution in [0, 0.1) is 0 Å². The predicted octanol–water partition coefficient (Wildman–Crippen LogP) is 4.08. The number of sulfone groups is 1. The number of nitrogens with one attached hydrogen (secondary N) is 1. The first-order chi connectivity index (χ1) is 13.0. The van der Waals surface area contributed by atoms with Gasteiger partial charge in [0.15, 0.2) is 16.4 Å². The molecule has 0 bridgehead atoms. The van der Waals surface area contributed by atoms with E-state index in [-0.39, 0.29) is 15.5 Å². The van der Waals surface area contributed by atoms with Gasteiger partial charge in [-0.25, -0.2) is 13.2 Å². The molecule has 1 N–H and O–H groups in total. The summed E-state index contributed by atoms with van der Waals surface area (Å²) < 4.78 is 28.3. The van der Waals surface area contributed by atoms with Crippen LogP contribution in [0.3, 0.4) is 0 Å². The Kier molecular flexibility index (Phi) is 7.33. The Morgan fingerprint density at radius 2 is 1.75 bits per heavy atom. The zero-order valence-corrected chi connectivity index (χ0v) is 17.9. The molecule has 0 saturated carbocycles. The van der Waals surface area contributed by atoms with Gasteiger partial charge >= 0.3 is 5.97 Å². The smallest absolute Gasteiger partial charge is 0.338 e. The molecule has 10 heteroatoms. The molecule has 0 aliphatic carbocycles. The van der Waals surface area contributed by atoms with Crippen LogP contribution in [-0.4, -0.2) is 33.2 Å². The van der Waals surface area contributed by atoms with Crippen LogP contribution in [-0.2, 0) is 19.4 Å². The summed E-state index contributed by atoms with van der Waals surface area (Å²) in [5.41, 5.74) is 0.618. The Bertz CT molecular complexity index is 1020. The van der Waals surface area contributed by atoms with E-state index in [9.17, 15) is 18.0 Å². The third-order valence-corrected chi connectivity index (χ3v) is 5.85. The highest BCUT2D eigenvalue weighted by Gasteiger charge is 2.18. The van der Waals surface area contributed by atoms with Crippen molar-refractivity contribution in [2.24, 2.45) is 0 Å². The van der Waals surface area contributed by atoms with E-state index in [0.29, 0.717) is 15.6 Å². The second kappa shape index (κ2) is 9.13. The SMILES string of the molecule is CC(NC(=O)COC(=O)c1ccc(Cl)c(S(C)(=O)=O)c1)c1ccc(Cl)cc1Cl. The third-order valence-electron chi connectivity index (χ3n) is 3.71. The summed E-state index contributed by atoms with van der Waals surface area (Å²) in [7, 11) is -3.62. The fourth-order valence-electron chi connectivity index (χ4n) is 2.34. The van der Waals surface area contributed by atoms with Crippen LogP contribution >= 0.6 is 34.8 Å². The molecule has 2 rings (SSSR count). The Hall–Kier alpha value is -1.80. The lowest BCUT2D eigenvalue weighted by molar-refractivity contribution is -0.124. The van der Waals surface area contributed by atoms with Crippen molar-refractivity contribution in [3.8, 4) is 0 Å². The number of esters is 1. The minimum atomic E-state index is -3.62. The van der Waals surface area contributed by atoms with E-state index in [2.05, 4.69) is 5.32 Å². The first-order valence-electron chi connectivity index (χ1n) is 7.90. The molecule has 28 heavy (non-hydrogen) atoms. The fraction of sp³-hybridized carbons (Fsp3) is 0.222. The Morgan fingerprint density at radius 1 is 1.07 bits per heavy atom. The van der Waals surface area contributed by atoms with Crippen molar-refractivity contribution < 1.29 is 22.7 Å². The molecule has 0 saturated heterocycles. The summed E-state index contributed by atoms with van der Waals surface area (Å²) in [5.74, 6) is -1.40. The summed E-state index contributed by atoms with van der Waals surface area (Å²) in [6, 6.07) is 8.14. The molecule has 0 fully saturated rings. The Labute approximate surface area is 177 Å². The van der Waals surface area contributed by atoms with E-state index < -0.39 is 34.4 Å². The van der Waals surface area contributed by atoms with Crippen molar-refractivity contribution in [3.63, 3.8) is 0 Å². The van der Waals surface area contributed by atoms with Gasteiger partial charge in [-0.1, -0.05) is 40.9 Å². The van der Waals surface area contributed by atoms with E-state index in [1.54, 1.807) is 25.1 Å². The molecule has 1 amide bonds. The maximum Gasteiger partial charge on any atom is 0.338 e. The van der Waals surface area contributed by atoms with Crippen molar-refractivity contribution in [1.29, 1.82) is 0 Å². The fourth-order valence-corrected chi connectivity index (χ4v) is 4.22. The molecule has 150 valence electrons. The standard InChI is InChI=1S/C18H16Cl3NO5S/c1-10(13-5-4-12(19)8-15(13)21)22-17(23)9-27-18(24)11-3-6-14(20)16(7-11)28(2,25)26/h3-8,10H,9H2,1-2H3,(H,22,23). The van der Waals surface area contributed by atoms with Crippen molar-refractivity contribution in [1.82, 2.24) is 5.32 Å². The average molecular weight is 465 g/mol. The zero-order chi connectivity index (χ0) is 21.1. The minimum Gasteiger partial charge on any atom is -0.452 e. The molecule has 2 aromatic rings. The van der Waals surface area contributed by atoms with Crippen LogP contribution in [0.1, 0.15) is 28.9 Å². The number of rotatable bonds is 6. The zero-order valence-electron chi connectivity index (χ0n) is 14.8. The summed E-state index contributed by atoms with van der Waals surface area (Å²) in [4.78, 5) is 24.0. The van der Waals surface area contributed by atoms with Crippen molar-refractivity contribution >= 4 is 56.5 Å². The quantitative estimate of drug-likeness (QED) is 0.651. The molecular weight excluding hydrogens is 449 g/mol. The van der Waals surface area contributed by atoms with Gasteiger partial charge in [0.2, 0.25) is 0 Å². The first-order valence-corrected chi connectivity index (χ1v) is 10.9. The topological polar surface area (TPSA) is 89.5 Å². The van der Waals surface area contributed by atoms with Gasteiger partial charge in [-0.05, 0) is 42.8 Å². The van der Waals surface area contributed by atoms with Crippen LogP contribution < -0.4 is 5.32 Å². The largest absolute Gasteiger partial charge is 0.452 e. The highest BCUT2D eigenvalue weighted by molar-refractivity contribution is 7.90. The number of benzene rings is 2. The molecule has 0 radical (unpaired) electrons. The molecule has 0 aliphatic heterocycles. The number of carbonyl (C=O) groups is 2. The van der Waals surface area contributed by atoms with Crippen LogP contribution in [0.5, 0.6) is 0 Å². The van der Waals surface area contributed by atoms with Gasteiger partial charge in [-0.3, -0.25) is 4.79 Å². The van der Waals surface area contributed by atoms with Crippen molar-refractivity contribution in [3.05, 3.63) is 62.6 Å². The van der Waals surface area contributed by atoms with Crippen LogP contribution in [0.15, 0.2) is 41.3 Å². The van der Waals surface area contributed by atoms with Crippen LogP contribution in [0.2, 0.25) is 15.1 Å². The van der Waals surface area contributed by atoms with E-state index in [1.807, 2.05) is 0 Å². The first kappa shape index (κ1) is 22.5. The number of amides is 1. The Balaban J connectivity index is 2.00. The van der Waals surface area contributed by atoms with Crippen molar-refractivity contribution in [2.75, 3.05) is 12.9 Å². The van der Waals surface area contributed by atoms with Crippen LogP contribution in [0.25, 0.3) is 0 Å². The maximum absolute atomic E-state index is 12.1. The molecular formula is C18H16Cl3NO5S. The summed E-state index contributed by atoms with van der Waals surface area (Å²) in [6.45, 7) is 1.16. The van der Waals surface area contributed by atoms with E-state index in [0.717, 1.165) is 12.3 Å². The molecule has 0 spiro atoms. The lowest BCUT2D eigenvalue weighted by atomic mass is 10.1. The van der Waals surface area contributed by atoms with Gasteiger partial charge in [-0.15, -0.1) is 0 Å². The average Bonchev–Trinajstić information content (AvgIpc) is 2.58. The summed E-state index contributed by atoms with van der Waals surface area (Å²) in [6.07, 6.45) is 0.972. The maximum atomic E-state index is 12.1. The molecule has 0 aromatic heterocycles. The van der Waals surface area contributed by atoms with Gasteiger partial charge in [0.05, 0.1) is 21.5 Å². The van der Waals surface area contributed by atoms with Crippen LogP contribution in [0.4, 0.5) is 0 Å². The number of carbonyl (C=O) groups excluding carboxylic acids is 2. The summed E-state index contributed by atoms with van der Waals surface area (Å²) in [5, 5.41) is 3.50. The Morgan fingerprint density at radius 3 is 2.36 bits per heavy atom. The molecule has 0 aliphatic rings. The van der Waals surface area contributed by atoms with Gasteiger partial charge in [0.1, 0.15) is 0 Å². The monoisotopic (exact) mass is 463 g/mol. The highest BCUT2D eigenvalue weighted by atomic mass is 35.5. The molecule has 6 nitrogen and oxygen atoms in total. The lowest BCUT2D eigenvalue weighted by Gasteiger charge is -2.16. The minimum absolute atomic E-state index is 0.00883. The van der Waals surface area contributed by atoms with Gasteiger partial charge in [0, 0.05) is 16.3 Å². The number of hydrogen-bond donors (Lipinski definition) is 1. The second-order valence-corrected chi connectivity index (χ2v) is 9.18. The molecule has 0 heterocycles. The molecule has 1 atom stereocenters. The van der Waals surface area contributed by atoms with Gasteiger partial charge < -0.3 is 10.1 Å². The van der Waals surface area contributed by atoms with Gasteiger partial charge in [-0.2, -0.15) is 0 Å². The highest BCUT2D eigenvalue weighted by Crippen LogP contribution is 2.26. The molecule has 1 unspecified atom stereocenters. The van der Waals surface area contributed by atoms with E-state index >= 15 is 0 Å². The van der Waals surface area contributed by atoms with Crippen molar-refractivity contribution in [2.45, 2.75) is 17.9 Å². The third kappa shape index (κ3) is 5.85. The molecule has 2 aromatic carbocycles. The number of ether oxygens (including phenoxy) is 1. The predicted molar refractivity (Wildman–Crippen MR) is 108 cm³/mol. The summed E-state index contributed by atoms with van der Waals surface area (Å²) >= 11 is 17.8. The number of hydrogen-bond acceptors (Lipinski definition) is 5. The normalized spacial score (nSPS) is 12.3. The lowest BCUT2D eigenvalue weighted by Crippen LogP contribution is -2.31. The number of halogens is 3. The van der Waals surface area contributed by atoms with Gasteiger partial charge in [0.25, 0.3) is 5.91 Å². The second-order valence-electron chi connectivity index (χ2n) is 5.95. The van der Waals surface area contributed by atoms with E-state index in [1.165, 1.54) is 12.1 Å².